The van der Waals surface area contributed by atoms with Crippen LogP contribution in [0.2, 0.25) is 0 Å². The molecule has 0 fully saturated rings. The predicted molar refractivity (Wildman–Crippen MR) is 119 cm³/mol. The monoisotopic (exact) mass is 461 g/mol. The van der Waals surface area contributed by atoms with E-state index in [-0.39, 0.29) is 11.6 Å². The van der Waals surface area contributed by atoms with Gasteiger partial charge in [-0.3, -0.25) is 9.78 Å². The van der Waals surface area contributed by atoms with Crippen molar-refractivity contribution in [3.8, 4) is 16.9 Å². The average Bonchev–Trinajstić information content (AvgIpc) is 3.21. The van der Waals surface area contributed by atoms with E-state index in [1.165, 1.54) is 5.56 Å². The molecule has 2 heterocycles. The second-order valence-electron chi connectivity index (χ2n) is 7.01. The molecule has 1 amide bonds. The Morgan fingerprint density at radius 1 is 1.00 bits per heavy atom. The topological polar surface area (TPSA) is 72.7 Å². The number of aryl methyl sites for hydroxylation is 2. The first-order valence-corrected chi connectivity index (χ1v) is 10.3. The van der Waals surface area contributed by atoms with Crippen LogP contribution in [0.3, 0.4) is 0 Å². The molecule has 0 radical (unpaired) electrons. The Bertz CT molecular complexity index is 1190. The van der Waals surface area contributed by atoms with Crippen LogP contribution < -0.4 is 5.32 Å². The zero-order valence-electron chi connectivity index (χ0n) is 16.6. The lowest BCUT2D eigenvalue weighted by molar-refractivity contribution is 0.0946. The lowest BCUT2D eigenvalue weighted by atomic mass is 10.1. The molecule has 4 rings (SSSR count). The van der Waals surface area contributed by atoms with Gasteiger partial charge in [-0.25, -0.2) is 4.68 Å². The van der Waals surface area contributed by atoms with Gasteiger partial charge >= 0.3 is 0 Å². The maximum atomic E-state index is 13.0. The van der Waals surface area contributed by atoms with E-state index < -0.39 is 0 Å². The molecular formula is C23H20BrN5O. The number of carbonyl (C=O) groups is 1. The van der Waals surface area contributed by atoms with Crippen molar-refractivity contribution in [3.05, 3.63) is 93.8 Å². The van der Waals surface area contributed by atoms with Crippen molar-refractivity contribution >= 4 is 21.8 Å². The van der Waals surface area contributed by atoms with Crippen LogP contribution >= 0.6 is 15.9 Å². The molecule has 2 aromatic heterocycles. The number of aromatic nitrogens is 4. The van der Waals surface area contributed by atoms with Gasteiger partial charge in [0.05, 0.1) is 5.69 Å². The lowest BCUT2D eigenvalue weighted by Gasteiger charge is -2.10. The Labute approximate surface area is 183 Å². The normalized spacial score (nSPS) is 10.8. The molecule has 4 aromatic rings. The number of halogens is 1. The minimum Gasteiger partial charge on any atom is -0.346 e. The fraction of sp³-hybridized carbons (Fsp3) is 0.130. The van der Waals surface area contributed by atoms with Gasteiger partial charge in [0.15, 0.2) is 5.69 Å². The van der Waals surface area contributed by atoms with Crippen molar-refractivity contribution in [2.24, 2.45) is 0 Å². The number of nitrogens with one attached hydrogen (secondary N) is 1. The molecule has 2 aromatic carbocycles. The van der Waals surface area contributed by atoms with Gasteiger partial charge < -0.3 is 5.32 Å². The smallest absolute Gasteiger partial charge is 0.274 e. The fourth-order valence-corrected chi connectivity index (χ4v) is 3.37. The highest BCUT2D eigenvalue weighted by molar-refractivity contribution is 9.10. The number of nitrogens with zero attached hydrogens (tertiary/aromatic N) is 4. The Morgan fingerprint density at radius 2 is 1.73 bits per heavy atom. The number of amides is 1. The first-order valence-electron chi connectivity index (χ1n) is 9.49. The fourth-order valence-electron chi connectivity index (χ4n) is 3.11. The van der Waals surface area contributed by atoms with Gasteiger partial charge in [-0.15, -0.1) is 5.10 Å². The summed E-state index contributed by atoms with van der Waals surface area (Å²) in [6, 6.07) is 17.6. The van der Waals surface area contributed by atoms with Crippen molar-refractivity contribution < 1.29 is 4.79 Å². The highest BCUT2D eigenvalue weighted by Gasteiger charge is 2.22. The Morgan fingerprint density at radius 3 is 2.43 bits per heavy atom. The first kappa shape index (κ1) is 20.0. The molecule has 0 spiro atoms. The molecule has 7 heteroatoms. The average molecular weight is 462 g/mol. The van der Waals surface area contributed by atoms with Gasteiger partial charge in [0.25, 0.3) is 5.91 Å². The summed E-state index contributed by atoms with van der Waals surface area (Å²) in [5, 5.41) is 11.5. The molecule has 0 atom stereocenters. The number of hydrogen-bond donors (Lipinski definition) is 1. The standard InChI is InChI=1S/C23H20BrN5O/c1-15-3-8-20(13-16(15)2)29-22(18-9-11-25-12-10-18)21(27-28-29)23(30)26-14-17-4-6-19(24)7-5-17/h3-13H,14H2,1-2H3,(H,26,30). The van der Waals surface area contributed by atoms with E-state index in [0.29, 0.717) is 12.2 Å². The third kappa shape index (κ3) is 4.16. The number of carbonyl (C=O) groups excluding carboxylic acids is 1. The predicted octanol–water partition coefficient (Wildman–Crippen LogP) is 4.64. The van der Waals surface area contributed by atoms with E-state index in [1.54, 1.807) is 17.1 Å². The third-order valence-electron chi connectivity index (χ3n) is 4.94. The van der Waals surface area contributed by atoms with E-state index >= 15 is 0 Å². The Balaban J connectivity index is 1.70. The first-order chi connectivity index (χ1) is 14.5. The molecule has 0 aliphatic carbocycles. The van der Waals surface area contributed by atoms with Crippen molar-refractivity contribution in [1.29, 1.82) is 0 Å². The van der Waals surface area contributed by atoms with Crippen LogP contribution in [0.1, 0.15) is 27.2 Å². The summed E-state index contributed by atoms with van der Waals surface area (Å²) in [5.41, 5.74) is 5.91. The minimum absolute atomic E-state index is 0.275. The van der Waals surface area contributed by atoms with Crippen molar-refractivity contribution in [3.63, 3.8) is 0 Å². The molecule has 0 unspecified atom stereocenters. The third-order valence-corrected chi connectivity index (χ3v) is 5.47. The Kier molecular flexibility index (Phi) is 5.72. The lowest BCUT2D eigenvalue weighted by Crippen LogP contribution is -2.24. The molecule has 0 bridgehead atoms. The summed E-state index contributed by atoms with van der Waals surface area (Å²) >= 11 is 3.42. The van der Waals surface area contributed by atoms with Gasteiger partial charge in [-0.2, -0.15) is 0 Å². The van der Waals surface area contributed by atoms with Gasteiger partial charge in [-0.1, -0.05) is 39.3 Å². The maximum Gasteiger partial charge on any atom is 0.274 e. The van der Waals surface area contributed by atoms with Crippen LogP contribution in [0, 0.1) is 13.8 Å². The van der Waals surface area contributed by atoms with E-state index in [0.717, 1.165) is 26.9 Å². The van der Waals surface area contributed by atoms with Gasteiger partial charge in [-0.05, 0) is 66.9 Å². The van der Waals surface area contributed by atoms with Crippen LogP contribution in [-0.2, 0) is 6.54 Å². The van der Waals surface area contributed by atoms with Gasteiger partial charge in [0.1, 0.15) is 5.69 Å². The molecule has 1 N–H and O–H groups in total. The summed E-state index contributed by atoms with van der Waals surface area (Å²) in [6.07, 6.45) is 3.38. The summed E-state index contributed by atoms with van der Waals surface area (Å²) in [6.45, 7) is 4.51. The SMILES string of the molecule is Cc1ccc(-n2nnc(C(=O)NCc3ccc(Br)cc3)c2-c2ccncc2)cc1C. The molecule has 0 saturated heterocycles. The largest absolute Gasteiger partial charge is 0.346 e. The van der Waals surface area contributed by atoms with Crippen molar-refractivity contribution in [2.75, 3.05) is 0 Å². The number of hydrogen-bond acceptors (Lipinski definition) is 4. The molecule has 150 valence electrons. The molecule has 0 aliphatic rings. The second kappa shape index (κ2) is 8.59. The van der Waals surface area contributed by atoms with Crippen LogP contribution in [0.25, 0.3) is 16.9 Å². The number of benzene rings is 2. The van der Waals surface area contributed by atoms with E-state index in [1.807, 2.05) is 61.5 Å². The van der Waals surface area contributed by atoms with Crippen LogP contribution in [-0.4, -0.2) is 25.9 Å². The van der Waals surface area contributed by atoms with Crippen LogP contribution in [0.4, 0.5) is 0 Å². The van der Waals surface area contributed by atoms with Crippen molar-refractivity contribution in [2.45, 2.75) is 20.4 Å². The summed E-state index contributed by atoms with van der Waals surface area (Å²) in [5.74, 6) is -0.278. The Hall–Kier alpha value is -3.32. The van der Waals surface area contributed by atoms with Gasteiger partial charge in [0, 0.05) is 29.0 Å². The van der Waals surface area contributed by atoms with Crippen LogP contribution in [0.5, 0.6) is 0 Å². The highest BCUT2D eigenvalue weighted by atomic mass is 79.9. The molecule has 0 saturated carbocycles. The van der Waals surface area contributed by atoms with Crippen molar-refractivity contribution in [1.82, 2.24) is 25.3 Å². The summed E-state index contributed by atoms with van der Waals surface area (Å²) < 4.78 is 2.70. The molecular weight excluding hydrogens is 442 g/mol. The summed E-state index contributed by atoms with van der Waals surface area (Å²) in [4.78, 5) is 17.1. The molecule has 6 nitrogen and oxygen atoms in total. The quantitative estimate of drug-likeness (QED) is 0.469. The minimum atomic E-state index is -0.278. The van der Waals surface area contributed by atoms with Crippen LogP contribution in [0.15, 0.2) is 71.5 Å². The summed E-state index contributed by atoms with van der Waals surface area (Å²) in [7, 11) is 0. The molecule has 0 aliphatic heterocycles. The molecule has 30 heavy (non-hydrogen) atoms. The second-order valence-corrected chi connectivity index (χ2v) is 7.93. The van der Waals surface area contributed by atoms with Gasteiger partial charge in [0.2, 0.25) is 0 Å². The van der Waals surface area contributed by atoms with E-state index in [2.05, 4.69) is 43.5 Å². The number of rotatable bonds is 5. The highest BCUT2D eigenvalue weighted by Crippen LogP contribution is 2.26. The number of pyridine rings is 1. The van der Waals surface area contributed by atoms with E-state index in [4.69, 9.17) is 0 Å². The van der Waals surface area contributed by atoms with E-state index in [9.17, 15) is 4.79 Å². The zero-order valence-corrected chi connectivity index (χ0v) is 18.2. The maximum absolute atomic E-state index is 13.0. The zero-order chi connectivity index (χ0) is 21.1.